The molecule has 5 nitrogen and oxygen atoms in total. The van der Waals surface area contributed by atoms with Gasteiger partial charge in [-0.05, 0) is 13.0 Å². The largest absolute Gasteiger partial charge is 0.479 e. The van der Waals surface area contributed by atoms with E-state index in [4.69, 9.17) is 4.74 Å². The molecule has 5 heteroatoms. The lowest BCUT2D eigenvalue weighted by atomic mass is 10.2. The Balaban J connectivity index is 2.47. The Morgan fingerprint density at radius 2 is 2.27 bits per heavy atom. The van der Waals surface area contributed by atoms with Crippen LogP contribution in [-0.4, -0.2) is 16.5 Å². The van der Waals surface area contributed by atoms with Gasteiger partial charge in [-0.1, -0.05) is 0 Å². The van der Waals surface area contributed by atoms with E-state index in [1.807, 2.05) is 13.0 Å². The minimum Gasteiger partial charge on any atom is -0.479 e. The topological polar surface area (TPSA) is 68.2 Å². The maximum Gasteiger partial charge on any atom is 0.271 e. The number of nitrogens with one attached hydrogen (secondary N) is 1. The maximum absolute atomic E-state index is 10.5. The summed E-state index contributed by atoms with van der Waals surface area (Å²) in [4.78, 5) is 13.1. The number of aromatic nitrogens is 1. The molecular weight excluding hydrogens is 196 g/mol. The van der Waals surface area contributed by atoms with Gasteiger partial charge < -0.3 is 9.72 Å². The molecular formula is C10H10N2O3. The number of H-pyrrole nitrogens is 1. The molecule has 78 valence electrons. The van der Waals surface area contributed by atoms with E-state index in [0.717, 1.165) is 5.39 Å². The summed E-state index contributed by atoms with van der Waals surface area (Å²) in [5.74, 6) is 0.632. The number of fused-ring (bicyclic) bond motifs is 1. The number of nitro benzene ring substituents is 1. The minimum atomic E-state index is -0.416. The van der Waals surface area contributed by atoms with E-state index in [0.29, 0.717) is 18.0 Å². The van der Waals surface area contributed by atoms with Crippen molar-refractivity contribution in [2.45, 2.75) is 6.92 Å². The van der Waals surface area contributed by atoms with Gasteiger partial charge >= 0.3 is 0 Å². The van der Waals surface area contributed by atoms with Crippen LogP contribution >= 0.6 is 0 Å². The first-order chi connectivity index (χ1) is 7.20. The van der Waals surface area contributed by atoms with E-state index in [-0.39, 0.29) is 5.69 Å². The summed E-state index contributed by atoms with van der Waals surface area (Å²) < 4.78 is 5.27. The lowest BCUT2D eigenvalue weighted by molar-refractivity contribution is -0.384. The van der Waals surface area contributed by atoms with Gasteiger partial charge in [-0.15, -0.1) is 0 Å². The van der Waals surface area contributed by atoms with Crippen LogP contribution in [0.2, 0.25) is 0 Å². The van der Waals surface area contributed by atoms with Crippen LogP contribution in [0.5, 0.6) is 5.88 Å². The number of benzene rings is 1. The number of nitro groups is 1. The van der Waals surface area contributed by atoms with E-state index in [1.54, 1.807) is 6.07 Å². The van der Waals surface area contributed by atoms with Gasteiger partial charge in [-0.3, -0.25) is 10.1 Å². The van der Waals surface area contributed by atoms with Crippen molar-refractivity contribution in [3.05, 3.63) is 34.4 Å². The lowest BCUT2D eigenvalue weighted by Gasteiger charge is -1.95. The average Bonchev–Trinajstić information content (AvgIpc) is 2.59. The Labute approximate surface area is 85.8 Å². The number of aromatic amines is 1. The van der Waals surface area contributed by atoms with Crippen molar-refractivity contribution in [2.75, 3.05) is 6.61 Å². The predicted octanol–water partition coefficient (Wildman–Crippen LogP) is 2.47. The number of hydrogen-bond donors (Lipinski definition) is 1. The van der Waals surface area contributed by atoms with E-state index in [9.17, 15) is 10.1 Å². The van der Waals surface area contributed by atoms with Crippen LogP contribution in [0.15, 0.2) is 24.3 Å². The molecule has 0 saturated carbocycles. The molecule has 2 aromatic rings. The molecule has 1 heterocycles. The van der Waals surface area contributed by atoms with Gasteiger partial charge in [0.2, 0.25) is 0 Å². The van der Waals surface area contributed by atoms with Crippen LogP contribution in [0.3, 0.4) is 0 Å². The van der Waals surface area contributed by atoms with Crippen LogP contribution in [0.25, 0.3) is 10.9 Å². The van der Waals surface area contributed by atoms with Crippen molar-refractivity contribution >= 4 is 16.6 Å². The molecule has 0 radical (unpaired) electrons. The molecule has 15 heavy (non-hydrogen) atoms. The summed E-state index contributed by atoms with van der Waals surface area (Å²) >= 11 is 0. The highest BCUT2D eigenvalue weighted by Gasteiger charge is 2.08. The average molecular weight is 206 g/mol. The summed E-state index contributed by atoms with van der Waals surface area (Å²) in [6, 6.07) is 6.50. The molecule has 1 aromatic heterocycles. The molecule has 0 atom stereocenters. The fraction of sp³-hybridized carbons (Fsp3) is 0.200. The molecule has 0 aliphatic rings. The zero-order chi connectivity index (χ0) is 10.8. The standard InChI is InChI=1S/C10H10N2O3/c1-2-15-10-5-7-3-4-8(12(13)14)6-9(7)11-10/h3-6,11H,2H2,1H3. The Morgan fingerprint density at radius 1 is 1.47 bits per heavy atom. The van der Waals surface area contributed by atoms with E-state index in [2.05, 4.69) is 4.98 Å². The van der Waals surface area contributed by atoms with Crippen LogP contribution in [-0.2, 0) is 0 Å². The smallest absolute Gasteiger partial charge is 0.271 e. The van der Waals surface area contributed by atoms with Gasteiger partial charge in [0.25, 0.3) is 5.69 Å². The minimum absolute atomic E-state index is 0.0763. The third kappa shape index (κ3) is 1.76. The monoisotopic (exact) mass is 206 g/mol. The van der Waals surface area contributed by atoms with Crippen molar-refractivity contribution in [3.63, 3.8) is 0 Å². The summed E-state index contributed by atoms with van der Waals surface area (Å²) in [5.41, 5.74) is 0.792. The quantitative estimate of drug-likeness (QED) is 0.619. The van der Waals surface area contributed by atoms with Crippen molar-refractivity contribution in [2.24, 2.45) is 0 Å². The van der Waals surface area contributed by atoms with Crippen molar-refractivity contribution < 1.29 is 9.66 Å². The first-order valence-electron chi connectivity index (χ1n) is 4.60. The number of ether oxygens (including phenoxy) is 1. The predicted molar refractivity (Wildman–Crippen MR) is 56.1 cm³/mol. The van der Waals surface area contributed by atoms with E-state index in [1.165, 1.54) is 12.1 Å². The normalized spacial score (nSPS) is 10.5. The molecule has 1 N–H and O–H groups in total. The highest BCUT2D eigenvalue weighted by molar-refractivity contribution is 5.83. The Morgan fingerprint density at radius 3 is 2.93 bits per heavy atom. The van der Waals surface area contributed by atoms with Gasteiger partial charge in [-0.25, -0.2) is 0 Å². The second-order valence-corrected chi connectivity index (χ2v) is 3.10. The lowest BCUT2D eigenvalue weighted by Crippen LogP contribution is -1.90. The van der Waals surface area contributed by atoms with Crippen molar-refractivity contribution in [1.29, 1.82) is 0 Å². The molecule has 0 fully saturated rings. The number of rotatable bonds is 3. The Hall–Kier alpha value is -2.04. The third-order valence-electron chi connectivity index (χ3n) is 2.09. The second-order valence-electron chi connectivity index (χ2n) is 3.10. The van der Waals surface area contributed by atoms with Crippen LogP contribution < -0.4 is 4.74 Å². The van der Waals surface area contributed by atoms with Gasteiger partial charge in [-0.2, -0.15) is 0 Å². The van der Waals surface area contributed by atoms with Crippen LogP contribution in [0.1, 0.15) is 6.92 Å². The van der Waals surface area contributed by atoms with E-state index >= 15 is 0 Å². The summed E-state index contributed by atoms with van der Waals surface area (Å²) in [6.45, 7) is 2.45. The summed E-state index contributed by atoms with van der Waals surface area (Å²) in [7, 11) is 0. The SMILES string of the molecule is CCOc1cc2ccc([N+](=O)[O-])cc2[nH]1. The van der Waals surface area contributed by atoms with Gasteiger partial charge in [0.15, 0.2) is 5.88 Å². The second kappa shape index (κ2) is 3.61. The van der Waals surface area contributed by atoms with Crippen molar-refractivity contribution in [3.8, 4) is 5.88 Å². The Kier molecular flexibility index (Phi) is 2.29. The van der Waals surface area contributed by atoms with Crippen LogP contribution in [0.4, 0.5) is 5.69 Å². The van der Waals surface area contributed by atoms with Gasteiger partial charge in [0.1, 0.15) is 0 Å². The fourth-order valence-electron chi connectivity index (χ4n) is 1.44. The number of nitrogens with zero attached hydrogens (tertiary/aromatic N) is 1. The fourth-order valence-corrected chi connectivity index (χ4v) is 1.44. The van der Waals surface area contributed by atoms with Crippen molar-refractivity contribution in [1.82, 2.24) is 4.98 Å². The number of non-ortho nitro benzene ring substituents is 1. The highest BCUT2D eigenvalue weighted by atomic mass is 16.6. The molecule has 0 aliphatic heterocycles. The molecule has 0 spiro atoms. The molecule has 0 unspecified atom stereocenters. The van der Waals surface area contributed by atoms with E-state index < -0.39 is 4.92 Å². The van der Waals surface area contributed by atoms with Crippen LogP contribution in [0, 0.1) is 10.1 Å². The zero-order valence-corrected chi connectivity index (χ0v) is 8.19. The summed E-state index contributed by atoms with van der Waals surface area (Å²) in [6.07, 6.45) is 0. The molecule has 0 bridgehead atoms. The van der Waals surface area contributed by atoms with Gasteiger partial charge in [0.05, 0.1) is 17.0 Å². The third-order valence-corrected chi connectivity index (χ3v) is 2.09. The highest BCUT2D eigenvalue weighted by Crippen LogP contribution is 2.24. The molecule has 2 rings (SSSR count). The first-order valence-corrected chi connectivity index (χ1v) is 4.60. The molecule has 0 amide bonds. The molecule has 0 aliphatic carbocycles. The summed E-state index contributed by atoms with van der Waals surface area (Å²) in [5, 5.41) is 11.4. The molecule has 0 saturated heterocycles. The zero-order valence-electron chi connectivity index (χ0n) is 8.19. The maximum atomic E-state index is 10.5. The number of hydrogen-bond acceptors (Lipinski definition) is 3. The molecule has 1 aromatic carbocycles. The van der Waals surface area contributed by atoms with Gasteiger partial charge in [0, 0.05) is 23.6 Å². The first kappa shape index (κ1) is 9.51. The Bertz CT molecular complexity index is 504.